The number of carbonyl (C=O) groups is 4. The molecule has 0 aromatic rings. The Hall–Kier alpha value is -2.35. The lowest BCUT2D eigenvalue weighted by Gasteiger charge is -2.59. The van der Waals surface area contributed by atoms with E-state index in [0.717, 1.165) is 6.42 Å². The highest BCUT2D eigenvalue weighted by Gasteiger charge is 2.65. The van der Waals surface area contributed by atoms with Crippen molar-refractivity contribution in [2.24, 2.45) is 40.4 Å². The lowest BCUT2D eigenvalue weighted by molar-refractivity contribution is -0.155. The van der Waals surface area contributed by atoms with Crippen molar-refractivity contribution in [2.45, 2.75) is 71.6 Å². The molecule has 9 atom stereocenters. The van der Waals surface area contributed by atoms with Crippen LogP contribution in [0, 0.1) is 40.4 Å². The van der Waals surface area contributed by atoms with Gasteiger partial charge in [-0.15, -0.1) is 0 Å². The van der Waals surface area contributed by atoms with Gasteiger partial charge in [0.25, 0.3) is 0 Å². The first-order valence-electron chi connectivity index (χ1n) is 12.6. The summed E-state index contributed by atoms with van der Waals surface area (Å²) in [5, 5.41) is 20.1. The fraction of sp³-hybridized carbons (Fsp3) is 0.704. The van der Waals surface area contributed by atoms with E-state index in [2.05, 4.69) is 0 Å². The molecular formula is C27H35FO7. The smallest absolute Gasteiger partial charge is 0.306 e. The number of hydrogen-bond donors (Lipinski definition) is 2. The van der Waals surface area contributed by atoms with E-state index in [4.69, 9.17) is 9.84 Å². The number of carboxylic acids is 1. The summed E-state index contributed by atoms with van der Waals surface area (Å²) in [5.41, 5.74) is -0.853. The van der Waals surface area contributed by atoms with Crippen molar-refractivity contribution in [3.8, 4) is 0 Å². The summed E-state index contributed by atoms with van der Waals surface area (Å²) < 4.78 is 20.6. The van der Waals surface area contributed by atoms with Gasteiger partial charge < -0.3 is 14.9 Å². The van der Waals surface area contributed by atoms with E-state index in [9.17, 15) is 24.3 Å². The molecule has 2 N–H and O–H groups in total. The minimum Gasteiger partial charge on any atom is -0.481 e. The van der Waals surface area contributed by atoms with Gasteiger partial charge >= 0.3 is 11.9 Å². The van der Waals surface area contributed by atoms with Crippen LogP contribution in [-0.4, -0.2) is 52.6 Å². The van der Waals surface area contributed by atoms with Crippen LogP contribution in [0.5, 0.6) is 0 Å². The zero-order valence-electron chi connectivity index (χ0n) is 20.5. The summed E-state index contributed by atoms with van der Waals surface area (Å²) in [6.45, 7) is 5.51. The largest absolute Gasteiger partial charge is 0.481 e. The highest BCUT2D eigenvalue weighted by molar-refractivity contribution is 6.01. The number of carboxylic acid groups (broad SMARTS) is 1. The first-order valence-corrected chi connectivity index (χ1v) is 12.6. The molecule has 7 nitrogen and oxygen atoms in total. The molecule has 0 aromatic carbocycles. The maximum absolute atomic E-state index is 15.4. The Kier molecular flexibility index (Phi) is 6.81. The fourth-order valence-corrected chi connectivity index (χ4v) is 8.09. The number of Topliss-reactive ketones (excluding diaryl/α,β-unsaturated/α-hetero) is 1. The van der Waals surface area contributed by atoms with Crippen LogP contribution in [0.4, 0.5) is 4.39 Å². The number of aliphatic hydroxyl groups is 1. The number of aliphatic hydroxyl groups excluding tert-OH is 1. The standard InChI is InChI=1S/C27H35FO7/c1-14-9-17-16-11-19(28)18-10-15(29)7-8-26(18,2)25(16)20(30)12-27(17,3)24(14)21(31)13-35-23(34)6-4-5-22(32)33/h7-8,10,14,16-17,19-20,24-25,30H,4-6,9,11-13H2,1-3H3,(H,32,33)/t14-,16+,17+,19+,20+,24-,25-,26+,27+/m1/s1. The van der Waals surface area contributed by atoms with Gasteiger partial charge in [0.05, 0.1) is 6.10 Å². The van der Waals surface area contributed by atoms with Gasteiger partial charge in [-0.2, -0.15) is 0 Å². The fourth-order valence-electron chi connectivity index (χ4n) is 8.09. The third-order valence-electron chi connectivity index (χ3n) is 9.31. The zero-order valence-corrected chi connectivity index (χ0v) is 20.5. The van der Waals surface area contributed by atoms with Crippen molar-refractivity contribution in [3.63, 3.8) is 0 Å². The number of aliphatic carboxylic acids is 1. The minimum atomic E-state index is -1.28. The van der Waals surface area contributed by atoms with Crippen LogP contribution in [0.3, 0.4) is 0 Å². The molecule has 35 heavy (non-hydrogen) atoms. The molecular weight excluding hydrogens is 455 g/mol. The Labute approximate surface area is 204 Å². The van der Waals surface area contributed by atoms with Gasteiger partial charge in [0, 0.05) is 30.1 Å². The number of carbonyl (C=O) groups excluding carboxylic acids is 3. The number of rotatable bonds is 7. The van der Waals surface area contributed by atoms with Gasteiger partial charge in [-0.25, -0.2) is 4.39 Å². The van der Waals surface area contributed by atoms with Crippen LogP contribution in [0.1, 0.15) is 59.3 Å². The molecule has 0 heterocycles. The molecule has 0 bridgehead atoms. The molecule has 4 aliphatic rings. The van der Waals surface area contributed by atoms with Gasteiger partial charge in [-0.05, 0) is 66.6 Å². The predicted molar refractivity (Wildman–Crippen MR) is 124 cm³/mol. The van der Waals surface area contributed by atoms with Crippen LogP contribution < -0.4 is 0 Å². The van der Waals surface area contributed by atoms with Gasteiger partial charge in [0.15, 0.2) is 11.6 Å². The van der Waals surface area contributed by atoms with E-state index in [1.165, 1.54) is 12.2 Å². The summed E-state index contributed by atoms with van der Waals surface area (Å²) in [5.74, 6) is -2.83. The molecule has 0 amide bonds. The van der Waals surface area contributed by atoms with Crippen LogP contribution in [-0.2, 0) is 23.9 Å². The molecule has 0 saturated heterocycles. The first kappa shape index (κ1) is 25.7. The zero-order chi connectivity index (χ0) is 25.7. The Morgan fingerprint density at radius 2 is 1.91 bits per heavy atom. The number of hydrogen-bond acceptors (Lipinski definition) is 6. The van der Waals surface area contributed by atoms with Gasteiger partial charge in [-0.3, -0.25) is 19.2 Å². The number of fused-ring (bicyclic) bond motifs is 5. The van der Waals surface area contributed by atoms with E-state index < -0.39 is 41.0 Å². The van der Waals surface area contributed by atoms with Crippen LogP contribution in [0.25, 0.3) is 0 Å². The number of allylic oxidation sites excluding steroid dienone is 4. The van der Waals surface area contributed by atoms with Crippen LogP contribution in [0.15, 0.2) is 23.8 Å². The summed E-state index contributed by atoms with van der Waals surface area (Å²) in [7, 11) is 0. The van der Waals surface area contributed by atoms with Gasteiger partial charge in [0.2, 0.25) is 0 Å². The quantitative estimate of drug-likeness (QED) is 0.525. The van der Waals surface area contributed by atoms with E-state index in [-0.39, 0.29) is 67.5 Å². The molecule has 0 unspecified atom stereocenters. The summed E-state index contributed by atoms with van der Waals surface area (Å²) in [6, 6.07) is 0. The first-order chi connectivity index (χ1) is 16.4. The Balaban J connectivity index is 1.51. The lowest BCUT2D eigenvalue weighted by atomic mass is 9.46. The predicted octanol–water partition coefficient (Wildman–Crippen LogP) is 3.44. The van der Waals surface area contributed by atoms with E-state index >= 15 is 4.39 Å². The Morgan fingerprint density at radius 3 is 2.60 bits per heavy atom. The van der Waals surface area contributed by atoms with Crippen molar-refractivity contribution in [1.29, 1.82) is 0 Å². The summed E-state index contributed by atoms with van der Waals surface area (Å²) in [6.07, 6.45) is 3.83. The molecule has 8 heteroatoms. The number of ether oxygens (including phenoxy) is 1. The highest BCUT2D eigenvalue weighted by Crippen LogP contribution is 2.67. The van der Waals surface area contributed by atoms with Crippen molar-refractivity contribution in [2.75, 3.05) is 6.61 Å². The number of esters is 1. The monoisotopic (exact) mass is 490 g/mol. The third kappa shape index (κ3) is 4.39. The molecule has 4 aliphatic carbocycles. The second kappa shape index (κ2) is 9.26. The number of halogens is 1. The minimum absolute atomic E-state index is 0.0135. The van der Waals surface area contributed by atoms with E-state index in [1.54, 1.807) is 6.08 Å². The maximum atomic E-state index is 15.4. The van der Waals surface area contributed by atoms with E-state index in [1.807, 2.05) is 20.8 Å². The molecule has 4 rings (SSSR count). The molecule has 3 fully saturated rings. The average molecular weight is 491 g/mol. The number of ketones is 2. The summed E-state index contributed by atoms with van der Waals surface area (Å²) >= 11 is 0. The molecule has 0 aliphatic heterocycles. The Bertz CT molecular complexity index is 986. The normalized spacial score (nSPS) is 41.9. The highest BCUT2D eigenvalue weighted by atomic mass is 19.1. The topological polar surface area (TPSA) is 118 Å². The van der Waals surface area contributed by atoms with Crippen LogP contribution >= 0.6 is 0 Å². The lowest BCUT2D eigenvalue weighted by Crippen LogP contribution is -2.58. The Morgan fingerprint density at radius 1 is 1.20 bits per heavy atom. The average Bonchev–Trinajstić information content (AvgIpc) is 3.02. The number of alkyl halides is 1. The summed E-state index contributed by atoms with van der Waals surface area (Å²) in [4.78, 5) is 47.8. The van der Waals surface area contributed by atoms with Crippen molar-refractivity contribution in [3.05, 3.63) is 23.8 Å². The SMILES string of the molecule is C[C@@H]1C[C@H]2[C@@H]3C[C@H](F)C4=CC(=O)C=C[C@]4(C)[C@H]3[C@@H](O)C[C@]2(C)[C@H]1C(=O)COC(=O)CCCC(=O)O. The van der Waals surface area contributed by atoms with Gasteiger partial charge in [0.1, 0.15) is 12.8 Å². The van der Waals surface area contributed by atoms with Crippen molar-refractivity contribution in [1.82, 2.24) is 0 Å². The van der Waals surface area contributed by atoms with Crippen molar-refractivity contribution >= 4 is 23.5 Å². The maximum Gasteiger partial charge on any atom is 0.306 e. The molecule has 0 spiro atoms. The van der Waals surface area contributed by atoms with E-state index in [0.29, 0.717) is 12.0 Å². The molecule has 3 saturated carbocycles. The second-order valence-corrected chi connectivity index (χ2v) is 11.5. The molecule has 0 radical (unpaired) electrons. The van der Waals surface area contributed by atoms with Crippen molar-refractivity contribution < 1.29 is 38.5 Å². The second-order valence-electron chi connectivity index (χ2n) is 11.5. The molecule has 192 valence electrons. The third-order valence-corrected chi connectivity index (χ3v) is 9.31. The molecule has 0 aromatic heterocycles. The van der Waals surface area contributed by atoms with Gasteiger partial charge in [-0.1, -0.05) is 26.8 Å². The van der Waals surface area contributed by atoms with Crippen LogP contribution in [0.2, 0.25) is 0 Å².